The average Bonchev–Trinajstić information content (AvgIpc) is 3.22. The highest BCUT2D eigenvalue weighted by molar-refractivity contribution is 7.89. The predicted molar refractivity (Wildman–Crippen MR) is 100 cm³/mol. The molecule has 7 heteroatoms. The number of hydrogen-bond donors (Lipinski definition) is 0. The van der Waals surface area contributed by atoms with E-state index in [9.17, 15) is 13.2 Å². The number of benzene rings is 2. The van der Waals surface area contributed by atoms with Crippen molar-refractivity contribution in [1.29, 1.82) is 0 Å². The maximum Gasteiger partial charge on any atom is 0.258 e. The normalized spacial score (nSPS) is 15.0. The molecule has 0 spiro atoms. The van der Waals surface area contributed by atoms with Crippen molar-refractivity contribution in [2.75, 3.05) is 32.1 Å². The summed E-state index contributed by atoms with van der Waals surface area (Å²) in [5, 5.41) is 0. The number of carbonyl (C=O) groups excluding carboxylic acids is 1. The highest BCUT2D eigenvalue weighted by atomic mass is 32.2. The first-order valence-corrected chi connectivity index (χ1v) is 9.90. The Labute approximate surface area is 154 Å². The third kappa shape index (κ3) is 3.45. The van der Waals surface area contributed by atoms with Gasteiger partial charge in [-0.1, -0.05) is 18.2 Å². The molecule has 1 saturated heterocycles. The number of nitrogens with zero attached hydrogens (tertiary/aromatic N) is 2. The minimum atomic E-state index is -3.69. The van der Waals surface area contributed by atoms with Gasteiger partial charge in [0.25, 0.3) is 5.91 Å². The third-order valence-electron chi connectivity index (χ3n) is 4.54. The van der Waals surface area contributed by atoms with E-state index in [1.807, 2.05) is 30.3 Å². The molecule has 0 N–H and O–H groups in total. The number of hydrogen-bond acceptors (Lipinski definition) is 4. The third-order valence-corrected chi connectivity index (χ3v) is 6.46. The van der Waals surface area contributed by atoms with E-state index in [0.717, 1.165) is 18.5 Å². The maximum absolute atomic E-state index is 12.9. The quantitative estimate of drug-likeness (QED) is 0.807. The highest BCUT2D eigenvalue weighted by Crippen LogP contribution is 2.30. The zero-order valence-electron chi connectivity index (χ0n) is 14.9. The van der Waals surface area contributed by atoms with Crippen molar-refractivity contribution in [3.63, 3.8) is 0 Å². The lowest BCUT2D eigenvalue weighted by Gasteiger charge is -2.20. The average molecular weight is 374 g/mol. The maximum atomic E-state index is 12.9. The standard InChI is InChI=1S/C19H22N2O4S/c1-20(16-8-4-3-5-9-16)19(22)15-10-11-17(25-2)18(14-15)26(23,24)21-12-6-7-13-21/h3-5,8-11,14H,6-7,12-13H2,1-2H3. The first-order chi connectivity index (χ1) is 12.4. The first-order valence-electron chi connectivity index (χ1n) is 8.46. The molecule has 0 bridgehead atoms. The monoisotopic (exact) mass is 374 g/mol. The predicted octanol–water partition coefficient (Wildman–Crippen LogP) is 2.76. The zero-order chi connectivity index (χ0) is 18.7. The summed E-state index contributed by atoms with van der Waals surface area (Å²) in [4.78, 5) is 14.4. The van der Waals surface area contributed by atoms with E-state index in [-0.39, 0.29) is 16.6 Å². The lowest BCUT2D eigenvalue weighted by Crippen LogP contribution is -2.29. The van der Waals surface area contributed by atoms with E-state index in [2.05, 4.69) is 0 Å². The van der Waals surface area contributed by atoms with Crippen molar-refractivity contribution < 1.29 is 17.9 Å². The minimum absolute atomic E-state index is 0.0363. The van der Waals surface area contributed by atoms with E-state index in [4.69, 9.17) is 4.74 Å². The second-order valence-corrected chi connectivity index (χ2v) is 8.08. The summed E-state index contributed by atoms with van der Waals surface area (Å²) in [6.07, 6.45) is 1.69. The Hall–Kier alpha value is -2.38. The molecule has 0 aromatic heterocycles. The van der Waals surface area contributed by atoms with E-state index < -0.39 is 10.0 Å². The molecular formula is C19H22N2O4S. The van der Waals surface area contributed by atoms with Crippen LogP contribution in [0.5, 0.6) is 5.75 Å². The van der Waals surface area contributed by atoms with Gasteiger partial charge in [-0.15, -0.1) is 0 Å². The molecule has 1 fully saturated rings. The topological polar surface area (TPSA) is 66.9 Å². The molecule has 138 valence electrons. The van der Waals surface area contributed by atoms with Crippen LogP contribution in [0.1, 0.15) is 23.2 Å². The Bertz CT molecular complexity index is 891. The molecule has 1 aliphatic heterocycles. The van der Waals surface area contributed by atoms with Crippen LogP contribution >= 0.6 is 0 Å². The van der Waals surface area contributed by atoms with Gasteiger partial charge in [0.1, 0.15) is 10.6 Å². The second-order valence-electron chi connectivity index (χ2n) is 6.18. The molecule has 1 heterocycles. The van der Waals surface area contributed by atoms with Gasteiger partial charge in [-0.05, 0) is 43.2 Å². The summed E-state index contributed by atoms with van der Waals surface area (Å²) < 4.78 is 32.6. The lowest BCUT2D eigenvalue weighted by atomic mass is 10.2. The fourth-order valence-corrected chi connectivity index (χ4v) is 4.74. The summed E-state index contributed by atoms with van der Waals surface area (Å²) in [5.74, 6) is -0.0347. The Balaban J connectivity index is 1.98. The van der Waals surface area contributed by atoms with Crippen LogP contribution in [-0.2, 0) is 10.0 Å². The molecule has 6 nitrogen and oxygen atoms in total. The molecule has 1 amide bonds. The van der Waals surface area contributed by atoms with Crippen LogP contribution in [0.4, 0.5) is 5.69 Å². The Morgan fingerprint density at radius 3 is 2.35 bits per heavy atom. The van der Waals surface area contributed by atoms with Crippen molar-refractivity contribution in [2.45, 2.75) is 17.7 Å². The fourth-order valence-electron chi connectivity index (χ4n) is 3.04. The number of para-hydroxylation sites is 1. The lowest BCUT2D eigenvalue weighted by molar-refractivity contribution is 0.0992. The van der Waals surface area contributed by atoms with Crippen LogP contribution in [0.25, 0.3) is 0 Å². The molecule has 2 aromatic rings. The molecule has 0 aliphatic carbocycles. The van der Waals surface area contributed by atoms with Crippen LogP contribution in [-0.4, -0.2) is 45.9 Å². The summed E-state index contributed by atoms with van der Waals surface area (Å²) in [7, 11) is -0.600. The van der Waals surface area contributed by atoms with Crippen molar-refractivity contribution >= 4 is 21.6 Å². The van der Waals surface area contributed by atoms with E-state index >= 15 is 0 Å². The Morgan fingerprint density at radius 1 is 1.08 bits per heavy atom. The molecule has 3 rings (SSSR count). The molecule has 0 radical (unpaired) electrons. The number of sulfonamides is 1. The zero-order valence-corrected chi connectivity index (χ0v) is 15.7. The number of ether oxygens (including phenoxy) is 1. The minimum Gasteiger partial charge on any atom is -0.495 e. The Kier molecular flexibility index (Phi) is 5.29. The summed E-state index contributed by atoms with van der Waals surface area (Å²) in [5.41, 5.74) is 1.03. The van der Waals surface area contributed by atoms with Gasteiger partial charge in [0, 0.05) is 31.4 Å². The van der Waals surface area contributed by atoms with Gasteiger partial charge in [0.05, 0.1) is 7.11 Å². The van der Waals surface area contributed by atoms with E-state index in [0.29, 0.717) is 18.7 Å². The van der Waals surface area contributed by atoms with Gasteiger partial charge in [-0.3, -0.25) is 4.79 Å². The van der Waals surface area contributed by atoms with Gasteiger partial charge in [0.2, 0.25) is 10.0 Å². The van der Waals surface area contributed by atoms with Crippen LogP contribution in [0.2, 0.25) is 0 Å². The summed E-state index contributed by atoms with van der Waals surface area (Å²) >= 11 is 0. The molecule has 1 aliphatic rings. The van der Waals surface area contributed by atoms with Crippen LogP contribution < -0.4 is 9.64 Å². The molecule has 26 heavy (non-hydrogen) atoms. The Morgan fingerprint density at radius 2 is 1.73 bits per heavy atom. The van der Waals surface area contributed by atoms with Crippen molar-refractivity contribution in [3.05, 3.63) is 54.1 Å². The number of anilines is 1. The molecule has 0 saturated carbocycles. The molecular weight excluding hydrogens is 352 g/mol. The summed E-state index contributed by atoms with van der Waals surface area (Å²) in [6, 6.07) is 13.7. The SMILES string of the molecule is COc1ccc(C(=O)N(C)c2ccccc2)cc1S(=O)(=O)N1CCCC1. The van der Waals surface area contributed by atoms with Crippen molar-refractivity contribution in [2.24, 2.45) is 0 Å². The van der Waals surface area contributed by atoms with Crippen molar-refractivity contribution in [3.8, 4) is 5.75 Å². The number of carbonyl (C=O) groups is 1. The van der Waals surface area contributed by atoms with Gasteiger partial charge in [-0.25, -0.2) is 8.42 Å². The van der Waals surface area contributed by atoms with Crippen LogP contribution in [0.15, 0.2) is 53.4 Å². The fraction of sp³-hybridized carbons (Fsp3) is 0.316. The van der Waals surface area contributed by atoms with Gasteiger partial charge < -0.3 is 9.64 Å². The second kappa shape index (κ2) is 7.47. The van der Waals surface area contributed by atoms with Gasteiger partial charge in [-0.2, -0.15) is 4.31 Å². The molecule has 0 atom stereocenters. The smallest absolute Gasteiger partial charge is 0.258 e. The van der Waals surface area contributed by atoms with Crippen LogP contribution in [0.3, 0.4) is 0 Å². The van der Waals surface area contributed by atoms with Crippen LogP contribution in [0, 0.1) is 0 Å². The molecule has 2 aromatic carbocycles. The van der Waals surface area contributed by atoms with E-state index in [1.165, 1.54) is 28.4 Å². The molecule has 0 unspecified atom stereocenters. The summed E-state index contributed by atoms with van der Waals surface area (Å²) in [6.45, 7) is 0.987. The first kappa shape index (κ1) is 18.4. The van der Waals surface area contributed by atoms with Gasteiger partial charge in [0.15, 0.2) is 0 Å². The highest BCUT2D eigenvalue weighted by Gasteiger charge is 2.31. The van der Waals surface area contributed by atoms with Gasteiger partial charge >= 0.3 is 0 Å². The number of methoxy groups -OCH3 is 1. The van der Waals surface area contributed by atoms with E-state index in [1.54, 1.807) is 13.1 Å². The number of amides is 1. The van der Waals surface area contributed by atoms with Crippen molar-refractivity contribution in [1.82, 2.24) is 4.31 Å². The largest absolute Gasteiger partial charge is 0.495 e. The number of rotatable bonds is 5.